The van der Waals surface area contributed by atoms with Crippen molar-refractivity contribution >= 4 is 17.7 Å². The van der Waals surface area contributed by atoms with E-state index in [-0.39, 0.29) is 24.1 Å². The number of benzene rings is 1. The molecule has 3 amide bonds. The standard InChI is InChI=1S/C23H30N4O3/c28-20-6-5-19(21(29)25-20)27-15-17-4-3-16(13-18(17)22(27)30)14-26-12-2-1-7-23(26)8-10-24-11-9-23/h3-4,13,19,24H,1-2,5-12,14-15H2,(H,25,28,29). The molecular weight excluding hydrogens is 380 g/mol. The molecule has 1 aromatic carbocycles. The van der Waals surface area contributed by atoms with Crippen LogP contribution in [0.3, 0.4) is 0 Å². The molecule has 7 heteroatoms. The van der Waals surface area contributed by atoms with Crippen LogP contribution in [0.1, 0.15) is 66.4 Å². The zero-order chi connectivity index (χ0) is 20.7. The highest BCUT2D eigenvalue weighted by molar-refractivity contribution is 6.05. The van der Waals surface area contributed by atoms with Gasteiger partial charge in [0, 0.05) is 30.6 Å². The third-order valence-electron chi connectivity index (χ3n) is 7.49. The van der Waals surface area contributed by atoms with Gasteiger partial charge in [-0.2, -0.15) is 0 Å². The zero-order valence-electron chi connectivity index (χ0n) is 17.4. The van der Waals surface area contributed by atoms with Gasteiger partial charge in [-0.25, -0.2) is 0 Å². The first-order chi connectivity index (χ1) is 14.6. The van der Waals surface area contributed by atoms with Crippen molar-refractivity contribution in [3.8, 4) is 0 Å². The number of hydrogen-bond donors (Lipinski definition) is 2. The Labute approximate surface area is 177 Å². The quantitative estimate of drug-likeness (QED) is 0.739. The molecular formula is C23H30N4O3. The number of piperidine rings is 3. The van der Waals surface area contributed by atoms with Gasteiger partial charge >= 0.3 is 0 Å². The maximum Gasteiger partial charge on any atom is 0.255 e. The first-order valence-electron chi connectivity index (χ1n) is 11.3. The van der Waals surface area contributed by atoms with Crippen LogP contribution in [0.25, 0.3) is 0 Å². The number of fused-ring (bicyclic) bond motifs is 1. The van der Waals surface area contributed by atoms with Crippen molar-refractivity contribution in [2.45, 2.75) is 69.6 Å². The molecule has 30 heavy (non-hydrogen) atoms. The monoisotopic (exact) mass is 410 g/mol. The fourth-order valence-corrected chi connectivity index (χ4v) is 5.78. The molecule has 0 aliphatic carbocycles. The number of carbonyl (C=O) groups excluding carboxylic acids is 3. The molecule has 2 N–H and O–H groups in total. The number of amides is 3. The lowest BCUT2D eigenvalue weighted by Crippen LogP contribution is -2.56. The van der Waals surface area contributed by atoms with Crippen LogP contribution in [0.2, 0.25) is 0 Å². The predicted molar refractivity (Wildman–Crippen MR) is 112 cm³/mol. The molecule has 0 saturated carbocycles. The fourth-order valence-electron chi connectivity index (χ4n) is 5.78. The molecule has 0 bridgehead atoms. The van der Waals surface area contributed by atoms with Gasteiger partial charge in [-0.3, -0.25) is 24.6 Å². The highest BCUT2D eigenvalue weighted by Gasteiger charge is 2.41. The largest absolute Gasteiger partial charge is 0.322 e. The Hall–Kier alpha value is -2.25. The highest BCUT2D eigenvalue weighted by Crippen LogP contribution is 2.37. The maximum atomic E-state index is 13.1. The second-order valence-corrected chi connectivity index (χ2v) is 9.24. The van der Waals surface area contributed by atoms with E-state index in [1.165, 1.54) is 37.7 Å². The number of nitrogens with zero attached hydrogens (tertiary/aromatic N) is 2. The Morgan fingerprint density at radius 3 is 2.70 bits per heavy atom. The lowest BCUT2D eigenvalue weighted by Gasteiger charge is -2.50. The number of likely N-dealkylation sites (tertiary alicyclic amines) is 1. The molecule has 1 atom stereocenters. The molecule has 4 aliphatic heterocycles. The fraction of sp³-hybridized carbons (Fsp3) is 0.609. The van der Waals surface area contributed by atoms with Gasteiger partial charge in [-0.1, -0.05) is 18.6 Å². The van der Waals surface area contributed by atoms with Gasteiger partial charge < -0.3 is 10.2 Å². The molecule has 4 heterocycles. The predicted octanol–water partition coefficient (Wildman–Crippen LogP) is 1.56. The van der Waals surface area contributed by atoms with Crippen LogP contribution in [0.15, 0.2) is 18.2 Å². The normalized spacial score (nSPS) is 26.7. The molecule has 1 unspecified atom stereocenters. The third-order valence-corrected chi connectivity index (χ3v) is 7.49. The maximum absolute atomic E-state index is 13.1. The highest BCUT2D eigenvalue weighted by atomic mass is 16.2. The van der Waals surface area contributed by atoms with Gasteiger partial charge in [-0.05, 0) is 68.9 Å². The van der Waals surface area contributed by atoms with Crippen LogP contribution in [0.5, 0.6) is 0 Å². The van der Waals surface area contributed by atoms with E-state index < -0.39 is 6.04 Å². The second-order valence-electron chi connectivity index (χ2n) is 9.24. The number of carbonyl (C=O) groups is 3. The Morgan fingerprint density at radius 1 is 1.07 bits per heavy atom. The van der Waals surface area contributed by atoms with Crippen molar-refractivity contribution in [2.24, 2.45) is 0 Å². The number of hydrogen-bond acceptors (Lipinski definition) is 5. The molecule has 5 rings (SSSR count). The van der Waals surface area contributed by atoms with Gasteiger partial charge in [-0.15, -0.1) is 0 Å². The minimum Gasteiger partial charge on any atom is -0.322 e. The minimum absolute atomic E-state index is 0.0865. The van der Waals surface area contributed by atoms with Crippen molar-refractivity contribution in [1.29, 1.82) is 0 Å². The first kappa shape index (κ1) is 19.7. The average molecular weight is 411 g/mol. The van der Waals surface area contributed by atoms with Gasteiger partial charge in [0.25, 0.3) is 5.91 Å². The Morgan fingerprint density at radius 2 is 1.90 bits per heavy atom. The van der Waals surface area contributed by atoms with Gasteiger partial charge in [0.05, 0.1) is 0 Å². The van der Waals surface area contributed by atoms with Crippen molar-refractivity contribution in [2.75, 3.05) is 19.6 Å². The van der Waals surface area contributed by atoms with Crippen molar-refractivity contribution in [3.05, 3.63) is 34.9 Å². The summed E-state index contributed by atoms with van der Waals surface area (Å²) in [6.45, 7) is 4.60. The van der Waals surface area contributed by atoms with Crippen molar-refractivity contribution in [3.63, 3.8) is 0 Å². The van der Waals surface area contributed by atoms with E-state index in [0.717, 1.165) is 31.7 Å². The topological polar surface area (TPSA) is 81.8 Å². The van der Waals surface area contributed by atoms with Crippen molar-refractivity contribution < 1.29 is 14.4 Å². The summed E-state index contributed by atoms with van der Waals surface area (Å²) < 4.78 is 0. The summed E-state index contributed by atoms with van der Waals surface area (Å²) in [4.78, 5) is 41.1. The Bertz CT molecular complexity index is 869. The number of rotatable bonds is 3. The smallest absolute Gasteiger partial charge is 0.255 e. The van der Waals surface area contributed by atoms with Crippen LogP contribution < -0.4 is 10.6 Å². The van der Waals surface area contributed by atoms with E-state index in [1.54, 1.807) is 4.90 Å². The number of nitrogens with one attached hydrogen (secondary N) is 2. The van der Waals surface area contributed by atoms with Gasteiger partial charge in [0.1, 0.15) is 6.04 Å². The zero-order valence-corrected chi connectivity index (χ0v) is 17.4. The molecule has 3 fully saturated rings. The second kappa shape index (κ2) is 7.78. The average Bonchev–Trinajstić information content (AvgIpc) is 3.06. The lowest BCUT2D eigenvalue weighted by atomic mass is 9.79. The Kier molecular flexibility index (Phi) is 5.11. The van der Waals surface area contributed by atoms with E-state index in [9.17, 15) is 14.4 Å². The SMILES string of the molecule is O=C1CCC(N2Cc3ccc(CN4CCCCC45CCNCC5)cc3C2=O)C(=O)N1. The molecule has 0 aromatic heterocycles. The van der Waals surface area contributed by atoms with E-state index in [1.807, 2.05) is 12.1 Å². The van der Waals surface area contributed by atoms with Gasteiger partial charge in [0.2, 0.25) is 11.8 Å². The lowest BCUT2D eigenvalue weighted by molar-refractivity contribution is -0.136. The van der Waals surface area contributed by atoms with Crippen LogP contribution in [-0.2, 0) is 22.7 Å². The summed E-state index contributed by atoms with van der Waals surface area (Å²) in [5, 5.41) is 5.86. The van der Waals surface area contributed by atoms with Crippen molar-refractivity contribution in [1.82, 2.24) is 20.4 Å². The number of imide groups is 1. The molecule has 160 valence electrons. The Balaban J connectivity index is 1.33. The molecule has 1 spiro atoms. The summed E-state index contributed by atoms with van der Waals surface area (Å²) in [6, 6.07) is 5.68. The molecule has 4 aliphatic rings. The summed E-state index contributed by atoms with van der Waals surface area (Å²) >= 11 is 0. The van der Waals surface area contributed by atoms with E-state index in [4.69, 9.17) is 0 Å². The summed E-state index contributed by atoms with van der Waals surface area (Å²) in [5.41, 5.74) is 3.16. The van der Waals surface area contributed by atoms with Gasteiger partial charge in [0.15, 0.2) is 0 Å². The summed E-state index contributed by atoms with van der Waals surface area (Å²) in [6.07, 6.45) is 6.89. The third kappa shape index (κ3) is 3.44. The van der Waals surface area contributed by atoms with E-state index in [2.05, 4.69) is 21.6 Å². The van der Waals surface area contributed by atoms with Crippen LogP contribution in [0, 0.1) is 0 Å². The summed E-state index contributed by atoms with van der Waals surface area (Å²) in [7, 11) is 0. The molecule has 0 radical (unpaired) electrons. The molecule has 3 saturated heterocycles. The molecule has 1 aromatic rings. The van der Waals surface area contributed by atoms with E-state index >= 15 is 0 Å². The molecule has 7 nitrogen and oxygen atoms in total. The summed E-state index contributed by atoms with van der Waals surface area (Å²) in [5.74, 6) is -0.693. The van der Waals surface area contributed by atoms with Crippen LogP contribution in [0.4, 0.5) is 0 Å². The van der Waals surface area contributed by atoms with Crippen LogP contribution in [-0.4, -0.2) is 58.7 Å². The first-order valence-corrected chi connectivity index (χ1v) is 11.3. The van der Waals surface area contributed by atoms with E-state index in [0.29, 0.717) is 24.1 Å². The minimum atomic E-state index is -0.550. The van der Waals surface area contributed by atoms with Crippen LogP contribution >= 0.6 is 0 Å².